The molecule has 1 N–H and O–H groups in total. The van der Waals surface area contributed by atoms with Crippen molar-refractivity contribution >= 4 is 17.1 Å². The number of para-hydroxylation sites is 3. The molecule has 1 aromatic heterocycles. The number of benzene rings is 2. The molecule has 2 amide bonds. The van der Waals surface area contributed by atoms with E-state index in [2.05, 4.69) is 16.4 Å². The van der Waals surface area contributed by atoms with Gasteiger partial charge in [0.25, 0.3) is 0 Å². The molecule has 6 heteroatoms. The van der Waals surface area contributed by atoms with Crippen LogP contribution in [-0.2, 0) is 0 Å². The number of hydrogen-bond acceptors (Lipinski definition) is 4. The highest BCUT2D eigenvalue weighted by Gasteiger charge is 2.28. The molecule has 2 aromatic carbocycles. The first-order valence-electron chi connectivity index (χ1n) is 10.4. The minimum absolute atomic E-state index is 0.0185. The van der Waals surface area contributed by atoms with Crippen molar-refractivity contribution in [3.05, 3.63) is 60.0 Å². The number of aromatic nitrogens is 1. The van der Waals surface area contributed by atoms with E-state index in [0.29, 0.717) is 19.1 Å². The molecule has 1 atom stereocenters. The molecule has 1 saturated heterocycles. The van der Waals surface area contributed by atoms with E-state index < -0.39 is 0 Å². The minimum atomic E-state index is 0.0185. The van der Waals surface area contributed by atoms with E-state index in [1.165, 1.54) is 5.56 Å². The van der Waals surface area contributed by atoms with Gasteiger partial charge in [-0.2, -0.15) is 0 Å². The van der Waals surface area contributed by atoms with Crippen LogP contribution in [0.1, 0.15) is 42.6 Å². The second-order valence-electron chi connectivity index (χ2n) is 7.84. The predicted octanol–water partition coefficient (Wildman–Crippen LogP) is 4.28. The maximum absolute atomic E-state index is 12.7. The lowest BCUT2D eigenvalue weighted by Gasteiger charge is -2.32. The van der Waals surface area contributed by atoms with Gasteiger partial charge in [0, 0.05) is 31.5 Å². The van der Waals surface area contributed by atoms with E-state index in [-0.39, 0.29) is 11.9 Å². The molecule has 150 valence electrons. The highest BCUT2D eigenvalue weighted by Crippen LogP contribution is 2.33. The van der Waals surface area contributed by atoms with Crippen LogP contribution >= 0.6 is 0 Å². The van der Waals surface area contributed by atoms with Crippen LogP contribution in [0.15, 0.2) is 52.9 Å². The Kier molecular flexibility index (Phi) is 4.84. The van der Waals surface area contributed by atoms with Gasteiger partial charge in [0.05, 0.1) is 6.61 Å². The molecule has 2 aliphatic rings. The van der Waals surface area contributed by atoms with Crippen LogP contribution in [0.5, 0.6) is 5.75 Å². The minimum Gasteiger partial charge on any atom is -0.493 e. The zero-order valence-electron chi connectivity index (χ0n) is 16.3. The van der Waals surface area contributed by atoms with Crippen molar-refractivity contribution in [3.8, 4) is 5.75 Å². The largest absolute Gasteiger partial charge is 0.493 e. The fourth-order valence-electron chi connectivity index (χ4n) is 4.34. The normalized spacial score (nSPS) is 19.6. The molecule has 6 nitrogen and oxygen atoms in total. The predicted molar refractivity (Wildman–Crippen MR) is 110 cm³/mol. The summed E-state index contributed by atoms with van der Waals surface area (Å²) in [5.41, 5.74) is 2.92. The summed E-state index contributed by atoms with van der Waals surface area (Å²) in [6.07, 6.45) is 2.68. The van der Waals surface area contributed by atoms with E-state index in [1.807, 2.05) is 47.4 Å². The van der Waals surface area contributed by atoms with Crippen molar-refractivity contribution < 1.29 is 13.9 Å². The number of carbonyl (C=O) groups excluding carboxylic acids is 1. The summed E-state index contributed by atoms with van der Waals surface area (Å²) in [5, 5.41) is 3.13. The van der Waals surface area contributed by atoms with Gasteiger partial charge in [0.2, 0.25) is 0 Å². The van der Waals surface area contributed by atoms with Gasteiger partial charge >= 0.3 is 6.03 Å². The molecule has 3 heterocycles. The molecule has 0 spiro atoms. The van der Waals surface area contributed by atoms with Crippen molar-refractivity contribution in [2.24, 2.45) is 0 Å². The molecule has 0 radical (unpaired) electrons. The quantitative estimate of drug-likeness (QED) is 0.723. The van der Waals surface area contributed by atoms with Gasteiger partial charge in [-0.15, -0.1) is 0 Å². The first-order chi connectivity index (χ1) is 14.3. The number of hydrogen-bond donors (Lipinski definition) is 1. The van der Waals surface area contributed by atoms with Gasteiger partial charge in [-0.3, -0.25) is 0 Å². The summed E-state index contributed by atoms with van der Waals surface area (Å²) >= 11 is 0. The molecule has 0 aliphatic carbocycles. The molecule has 29 heavy (non-hydrogen) atoms. The number of oxazole rings is 1. The van der Waals surface area contributed by atoms with Crippen molar-refractivity contribution in [1.29, 1.82) is 0 Å². The third-order valence-corrected chi connectivity index (χ3v) is 6.02. The molecule has 1 fully saturated rings. The van der Waals surface area contributed by atoms with Crippen LogP contribution in [0.3, 0.4) is 0 Å². The lowest BCUT2D eigenvalue weighted by molar-refractivity contribution is 0.175. The molecule has 5 rings (SSSR count). The number of fused-ring (bicyclic) bond motifs is 2. The number of rotatable bonds is 3. The summed E-state index contributed by atoms with van der Waals surface area (Å²) in [6, 6.07) is 16.0. The summed E-state index contributed by atoms with van der Waals surface area (Å²) in [7, 11) is 0. The van der Waals surface area contributed by atoms with E-state index in [4.69, 9.17) is 9.15 Å². The highest BCUT2D eigenvalue weighted by molar-refractivity contribution is 5.74. The van der Waals surface area contributed by atoms with E-state index >= 15 is 0 Å². The average molecular weight is 391 g/mol. The lowest BCUT2D eigenvalue weighted by Crippen LogP contribution is -2.45. The number of ether oxygens (including phenoxy) is 1. The van der Waals surface area contributed by atoms with Crippen LogP contribution in [0.2, 0.25) is 0 Å². The fraction of sp³-hybridized carbons (Fsp3) is 0.391. The van der Waals surface area contributed by atoms with Crippen molar-refractivity contribution in [3.63, 3.8) is 0 Å². The SMILES string of the molecule is O=C(NCC1CCOc2ccccc21)N1CCC(c2nc3ccccc3o2)CC1. The van der Waals surface area contributed by atoms with Crippen LogP contribution in [0.25, 0.3) is 11.1 Å². The van der Waals surface area contributed by atoms with Gasteiger partial charge < -0.3 is 19.4 Å². The summed E-state index contributed by atoms with van der Waals surface area (Å²) in [4.78, 5) is 19.2. The number of urea groups is 1. The monoisotopic (exact) mass is 391 g/mol. The van der Waals surface area contributed by atoms with Crippen LogP contribution in [-0.4, -0.2) is 42.2 Å². The van der Waals surface area contributed by atoms with Gasteiger partial charge in [-0.1, -0.05) is 30.3 Å². The van der Waals surface area contributed by atoms with Gasteiger partial charge in [0.1, 0.15) is 11.3 Å². The topological polar surface area (TPSA) is 67.6 Å². The third-order valence-electron chi connectivity index (χ3n) is 6.02. The summed E-state index contributed by atoms with van der Waals surface area (Å²) < 4.78 is 11.6. The Balaban J connectivity index is 1.16. The Morgan fingerprint density at radius 3 is 2.72 bits per heavy atom. The summed E-state index contributed by atoms with van der Waals surface area (Å²) in [6.45, 7) is 2.79. The highest BCUT2D eigenvalue weighted by atomic mass is 16.5. The maximum Gasteiger partial charge on any atom is 0.317 e. The zero-order chi connectivity index (χ0) is 19.6. The van der Waals surface area contributed by atoms with Crippen molar-refractivity contribution in [1.82, 2.24) is 15.2 Å². The number of nitrogens with zero attached hydrogens (tertiary/aromatic N) is 2. The van der Waals surface area contributed by atoms with Gasteiger partial charge in [-0.25, -0.2) is 9.78 Å². The summed E-state index contributed by atoms with van der Waals surface area (Å²) in [5.74, 6) is 2.32. The van der Waals surface area contributed by atoms with Crippen LogP contribution in [0.4, 0.5) is 4.79 Å². The molecule has 0 saturated carbocycles. The Morgan fingerprint density at radius 2 is 1.86 bits per heavy atom. The van der Waals surface area contributed by atoms with Crippen LogP contribution in [0, 0.1) is 0 Å². The first-order valence-corrected chi connectivity index (χ1v) is 10.4. The Labute approximate surface area is 169 Å². The molecule has 2 aliphatic heterocycles. The number of piperidine rings is 1. The van der Waals surface area contributed by atoms with Crippen molar-refractivity contribution in [2.75, 3.05) is 26.2 Å². The van der Waals surface area contributed by atoms with E-state index in [0.717, 1.165) is 55.1 Å². The second-order valence-corrected chi connectivity index (χ2v) is 7.84. The number of likely N-dealkylation sites (tertiary alicyclic amines) is 1. The van der Waals surface area contributed by atoms with E-state index in [9.17, 15) is 4.79 Å². The number of amides is 2. The third kappa shape index (κ3) is 3.67. The standard InChI is InChI=1S/C23H25N3O3/c27-23(24-15-17-11-14-28-20-7-3-1-5-18(17)20)26-12-9-16(10-13-26)22-25-19-6-2-4-8-21(19)29-22/h1-8,16-17H,9-15H2,(H,24,27). The van der Waals surface area contributed by atoms with Crippen LogP contribution < -0.4 is 10.1 Å². The first kappa shape index (κ1) is 18.0. The molecular weight excluding hydrogens is 366 g/mol. The van der Waals surface area contributed by atoms with Gasteiger partial charge in [-0.05, 0) is 43.0 Å². The Hall–Kier alpha value is -3.02. The number of carbonyl (C=O) groups is 1. The van der Waals surface area contributed by atoms with Gasteiger partial charge in [0.15, 0.2) is 11.5 Å². The number of nitrogens with one attached hydrogen (secondary N) is 1. The van der Waals surface area contributed by atoms with E-state index in [1.54, 1.807) is 0 Å². The smallest absolute Gasteiger partial charge is 0.317 e. The lowest BCUT2D eigenvalue weighted by atomic mass is 9.93. The second kappa shape index (κ2) is 7.78. The molecule has 0 bridgehead atoms. The van der Waals surface area contributed by atoms with Crippen molar-refractivity contribution in [2.45, 2.75) is 31.1 Å². The maximum atomic E-state index is 12.7. The molecule has 1 unspecified atom stereocenters. The fourth-order valence-corrected chi connectivity index (χ4v) is 4.34. The Morgan fingerprint density at radius 1 is 1.07 bits per heavy atom. The molecule has 3 aromatic rings. The Bertz CT molecular complexity index is 974. The average Bonchev–Trinajstić information content (AvgIpc) is 3.22. The molecular formula is C23H25N3O3. The zero-order valence-corrected chi connectivity index (χ0v) is 16.3.